The summed E-state index contributed by atoms with van der Waals surface area (Å²) >= 11 is 0.971. The molecule has 3 rings (SSSR count). The number of benzene rings is 1. The maximum atomic E-state index is 13.7. The molecule has 3 nitrogen and oxygen atoms in total. The molecule has 124 valence electrons. The molecule has 0 unspecified atom stereocenters. The van der Waals surface area contributed by atoms with Crippen LogP contribution in [0.25, 0.3) is 10.6 Å². The first-order valence-corrected chi connectivity index (χ1v) is 7.59. The third-order valence-electron chi connectivity index (χ3n) is 3.37. The highest BCUT2D eigenvalue weighted by Gasteiger charge is 2.35. The Morgan fingerprint density at radius 1 is 1.17 bits per heavy atom. The van der Waals surface area contributed by atoms with Crippen LogP contribution in [0.3, 0.4) is 0 Å². The van der Waals surface area contributed by atoms with Crippen molar-refractivity contribution in [3.63, 3.8) is 0 Å². The molecule has 0 amide bonds. The fourth-order valence-electron chi connectivity index (χ4n) is 2.23. The first kappa shape index (κ1) is 16.4. The highest BCUT2D eigenvalue weighted by molar-refractivity contribution is 7.17. The summed E-state index contributed by atoms with van der Waals surface area (Å²) in [5.41, 5.74) is -0.849. The van der Waals surface area contributed by atoms with Crippen molar-refractivity contribution in [2.75, 3.05) is 0 Å². The van der Waals surface area contributed by atoms with Gasteiger partial charge >= 0.3 is 6.18 Å². The lowest BCUT2D eigenvalue weighted by Gasteiger charge is -2.04. The molecule has 0 spiro atoms. The normalized spacial score (nSPS) is 11.7. The van der Waals surface area contributed by atoms with Gasteiger partial charge in [-0.25, -0.2) is 4.39 Å². The van der Waals surface area contributed by atoms with Crippen LogP contribution in [0.1, 0.15) is 20.9 Å². The summed E-state index contributed by atoms with van der Waals surface area (Å²) in [6.07, 6.45) is -4.51. The Hall–Kier alpha value is -2.48. The van der Waals surface area contributed by atoms with Crippen molar-refractivity contribution >= 4 is 17.1 Å². The predicted molar refractivity (Wildman–Crippen MR) is 81.4 cm³/mol. The third kappa shape index (κ3) is 2.96. The second-order valence-electron chi connectivity index (χ2n) is 5.01. The van der Waals surface area contributed by atoms with Crippen molar-refractivity contribution in [3.8, 4) is 10.6 Å². The van der Waals surface area contributed by atoms with E-state index in [4.69, 9.17) is 0 Å². The Morgan fingerprint density at radius 3 is 2.50 bits per heavy atom. The molecule has 2 aromatic heterocycles. The van der Waals surface area contributed by atoms with Crippen molar-refractivity contribution in [1.29, 1.82) is 0 Å². The molecule has 8 heteroatoms. The highest BCUT2D eigenvalue weighted by Crippen LogP contribution is 2.34. The van der Waals surface area contributed by atoms with Crippen LogP contribution in [0, 0.1) is 5.82 Å². The Labute approximate surface area is 138 Å². The van der Waals surface area contributed by atoms with Gasteiger partial charge in [0.1, 0.15) is 17.2 Å². The fourth-order valence-corrected chi connectivity index (χ4v) is 3.14. The summed E-state index contributed by atoms with van der Waals surface area (Å²) in [6.45, 7) is 0. The number of ketones is 1. The molecule has 0 aliphatic carbocycles. The molecule has 0 aliphatic rings. The quantitative estimate of drug-likeness (QED) is 0.511. The van der Waals surface area contributed by atoms with Crippen molar-refractivity contribution in [1.82, 2.24) is 9.78 Å². The smallest absolute Gasteiger partial charge is 0.288 e. The number of aryl methyl sites for hydroxylation is 1. The average molecular weight is 354 g/mol. The number of nitrogens with zero attached hydrogens (tertiary/aromatic N) is 2. The Kier molecular flexibility index (Phi) is 4.00. The number of halogens is 4. The lowest BCUT2D eigenvalue weighted by atomic mass is 10.1. The molecule has 1 aromatic carbocycles. The minimum absolute atomic E-state index is 0.0806. The van der Waals surface area contributed by atoms with Gasteiger partial charge < -0.3 is 0 Å². The Morgan fingerprint density at radius 2 is 1.88 bits per heavy atom. The summed E-state index contributed by atoms with van der Waals surface area (Å²) in [4.78, 5) is 12.9. The molecule has 3 aromatic rings. The first-order chi connectivity index (χ1) is 11.3. The van der Waals surface area contributed by atoms with E-state index in [1.54, 1.807) is 6.07 Å². The van der Waals surface area contributed by atoms with Crippen LogP contribution in [0.5, 0.6) is 0 Å². The van der Waals surface area contributed by atoms with Gasteiger partial charge in [0.2, 0.25) is 5.78 Å². The molecule has 0 atom stereocenters. The van der Waals surface area contributed by atoms with E-state index < -0.39 is 23.5 Å². The van der Waals surface area contributed by atoms with E-state index >= 15 is 0 Å². The maximum Gasteiger partial charge on any atom is 0.433 e. The van der Waals surface area contributed by atoms with Gasteiger partial charge in [0, 0.05) is 7.05 Å². The van der Waals surface area contributed by atoms with Gasteiger partial charge in [-0.1, -0.05) is 12.1 Å². The van der Waals surface area contributed by atoms with Gasteiger partial charge in [-0.2, -0.15) is 18.3 Å². The molecular weight excluding hydrogens is 344 g/mol. The number of hydrogen-bond acceptors (Lipinski definition) is 3. The molecular formula is C16H10F4N2OS. The zero-order valence-corrected chi connectivity index (χ0v) is 13.1. The molecule has 0 saturated heterocycles. The fraction of sp³-hybridized carbons (Fsp3) is 0.125. The molecule has 0 saturated carbocycles. The summed E-state index contributed by atoms with van der Waals surface area (Å²) in [5, 5.41) is 3.83. The molecule has 2 heterocycles. The van der Waals surface area contributed by atoms with E-state index in [0.717, 1.165) is 22.1 Å². The van der Waals surface area contributed by atoms with E-state index in [0.29, 0.717) is 4.88 Å². The molecule has 0 bridgehead atoms. The number of rotatable bonds is 3. The molecule has 0 fully saturated rings. The van der Waals surface area contributed by atoms with Gasteiger partial charge in [-0.05, 0) is 30.3 Å². The van der Waals surface area contributed by atoms with E-state index in [9.17, 15) is 22.4 Å². The third-order valence-corrected chi connectivity index (χ3v) is 4.48. The zero-order chi connectivity index (χ0) is 17.5. The number of carbonyl (C=O) groups is 1. The van der Waals surface area contributed by atoms with Gasteiger partial charge in [0.25, 0.3) is 0 Å². The minimum atomic E-state index is -4.51. The monoisotopic (exact) mass is 354 g/mol. The summed E-state index contributed by atoms with van der Waals surface area (Å²) < 4.78 is 52.9. The van der Waals surface area contributed by atoms with Crippen LogP contribution in [-0.4, -0.2) is 15.6 Å². The summed E-state index contributed by atoms with van der Waals surface area (Å²) in [7, 11) is 1.20. The minimum Gasteiger partial charge on any atom is -0.288 e. The standard InChI is InChI=1S/C16H10F4N2OS/c1-22-14(16(18,19)20)8-11(21-22)12-6-7-13(24-12)15(23)9-4-2-3-5-10(9)17/h2-8H,1H3. The van der Waals surface area contributed by atoms with Gasteiger partial charge in [-0.15, -0.1) is 11.3 Å². The summed E-state index contributed by atoms with van der Waals surface area (Å²) in [6, 6.07) is 9.43. The van der Waals surface area contributed by atoms with E-state index in [-0.39, 0.29) is 16.1 Å². The van der Waals surface area contributed by atoms with Crippen LogP contribution in [0.2, 0.25) is 0 Å². The van der Waals surface area contributed by atoms with Crippen LogP contribution < -0.4 is 0 Å². The van der Waals surface area contributed by atoms with Crippen LogP contribution in [0.15, 0.2) is 42.5 Å². The van der Waals surface area contributed by atoms with Crippen LogP contribution >= 0.6 is 11.3 Å². The van der Waals surface area contributed by atoms with Crippen molar-refractivity contribution in [2.24, 2.45) is 7.05 Å². The maximum absolute atomic E-state index is 13.7. The Balaban J connectivity index is 1.94. The SMILES string of the molecule is Cn1nc(-c2ccc(C(=O)c3ccccc3F)s2)cc1C(F)(F)F. The molecule has 24 heavy (non-hydrogen) atoms. The second-order valence-corrected chi connectivity index (χ2v) is 6.09. The van der Waals surface area contributed by atoms with Gasteiger partial charge in [-0.3, -0.25) is 9.48 Å². The molecule has 0 aliphatic heterocycles. The van der Waals surface area contributed by atoms with Crippen molar-refractivity contribution in [2.45, 2.75) is 6.18 Å². The Bertz CT molecular complexity index is 911. The van der Waals surface area contributed by atoms with Crippen LogP contribution in [0.4, 0.5) is 17.6 Å². The van der Waals surface area contributed by atoms with Crippen molar-refractivity contribution < 1.29 is 22.4 Å². The van der Waals surface area contributed by atoms with E-state index in [1.165, 1.54) is 37.4 Å². The number of carbonyl (C=O) groups excluding carboxylic acids is 1. The predicted octanol–water partition coefficient (Wildman–Crippen LogP) is 4.54. The largest absolute Gasteiger partial charge is 0.433 e. The lowest BCUT2D eigenvalue weighted by Crippen LogP contribution is -2.11. The van der Waals surface area contributed by atoms with Gasteiger partial charge in [0.05, 0.1) is 15.3 Å². The zero-order valence-electron chi connectivity index (χ0n) is 12.3. The molecule has 0 N–H and O–H groups in total. The highest BCUT2D eigenvalue weighted by atomic mass is 32.1. The first-order valence-electron chi connectivity index (χ1n) is 6.78. The van der Waals surface area contributed by atoms with E-state index in [1.807, 2.05) is 0 Å². The van der Waals surface area contributed by atoms with Gasteiger partial charge in [0.15, 0.2) is 0 Å². The second kappa shape index (κ2) is 5.86. The average Bonchev–Trinajstić information content (AvgIpc) is 3.13. The number of aromatic nitrogens is 2. The number of thiophene rings is 1. The molecule has 0 radical (unpaired) electrons. The van der Waals surface area contributed by atoms with Crippen molar-refractivity contribution in [3.05, 3.63) is 64.4 Å². The summed E-state index contributed by atoms with van der Waals surface area (Å²) in [5.74, 6) is -1.16. The lowest BCUT2D eigenvalue weighted by molar-refractivity contribution is -0.143. The van der Waals surface area contributed by atoms with Crippen LogP contribution in [-0.2, 0) is 13.2 Å². The topological polar surface area (TPSA) is 34.9 Å². The number of hydrogen-bond donors (Lipinski definition) is 0. The van der Waals surface area contributed by atoms with E-state index in [2.05, 4.69) is 5.10 Å². The number of alkyl halides is 3.